The summed E-state index contributed by atoms with van der Waals surface area (Å²) in [5.74, 6) is -0.200. The highest BCUT2D eigenvalue weighted by molar-refractivity contribution is 6.16. The first-order chi connectivity index (χ1) is 16.9. The lowest BCUT2D eigenvalue weighted by atomic mass is 10.2. The van der Waals surface area contributed by atoms with Gasteiger partial charge in [0.25, 0.3) is 5.91 Å². The number of benzene rings is 3. The molecule has 3 N–H and O–H groups in total. The lowest BCUT2D eigenvalue weighted by Gasteiger charge is -2.11. The number of aryl methyl sites for hydroxylation is 1. The molecule has 2 heterocycles. The molecular weight excluding hydrogens is 438 g/mol. The number of nitrogen functional groups attached to an aromatic ring is 1. The van der Waals surface area contributed by atoms with Gasteiger partial charge in [-0.1, -0.05) is 36.4 Å². The summed E-state index contributed by atoms with van der Waals surface area (Å²) in [7, 11) is 3.98. The molecule has 0 saturated heterocycles. The summed E-state index contributed by atoms with van der Waals surface area (Å²) in [6.45, 7) is 1.97. The molecule has 5 rings (SSSR count). The lowest BCUT2D eigenvalue weighted by molar-refractivity contribution is 0.102. The third kappa shape index (κ3) is 4.29. The Kier molecular flexibility index (Phi) is 5.62. The number of anilines is 3. The van der Waals surface area contributed by atoms with E-state index >= 15 is 0 Å². The van der Waals surface area contributed by atoms with Crippen LogP contribution in [0.1, 0.15) is 21.5 Å². The van der Waals surface area contributed by atoms with Gasteiger partial charge in [-0.2, -0.15) is 9.78 Å². The van der Waals surface area contributed by atoms with Crippen molar-refractivity contribution < 1.29 is 4.79 Å². The fourth-order valence-electron chi connectivity index (χ4n) is 3.89. The first kappa shape index (κ1) is 22.1. The quantitative estimate of drug-likeness (QED) is 0.369. The summed E-state index contributed by atoms with van der Waals surface area (Å²) in [5, 5.41) is 7.51. The number of nitrogens with one attached hydrogen (secondary N) is 1. The first-order valence-corrected chi connectivity index (χ1v) is 11.2. The summed E-state index contributed by atoms with van der Waals surface area (Å²) in [6, 6.07) is 23.0. The Morgan fingerprint density at radius 3 is 2.40 bits per heavy atom. The third-order valence-corrected chi connectivity index (χ3v) is 5.71. The lowest BCUT2D eigenvalue weighted by Crippen LogP contribution is -2.14. The molecule has 174 valence electrons. The Bertz CT molecular complexity index is 1580. The standard InChI is InChI=1S/C27H25N7O/c1-17-7-6-8-19(15-17)30-27(35)23-24-26(32-22-10-5-4-9-21(22)31-24)34(25(23)28)29-16-18-11-13-20(14-12-18)33(2)3/h4-16H,28H2,1-3H3,(H,30,35)/b29-16+. The van der Waals surface area contributed by atoms with Crippen LogP contribution in [0.5, 0.6) is 0 Å². The Labute approximate surface area is 202 Å². The predicted octanol–water partition coefficient (Wildman–Crippen LogP) is 4.68. The van der Waals surface area contributed by atoms with Gasteiger partial charge in [0.05, 0.1) is 17.2 Å². The van der Waals surface area contributed by atoms with E-state index in [1.165, 1.54) is 4.68 Å². The number of hydrogen-bond acceptors (Lipinski definition) is 6. The summed E-state index contributed by atoms with van der Waals surface area (Å²) < 4.78 is 1.47. The maximum Gasteiger partial charge on any atom is 0.261 e. The molecule has 0 radical (unpaired) electrons. The number of hydrogen-bond donors (Lipinski definition) is 2. The van der Waals surface area contributed by atoms with Gasteiger partial charge in [0, 0.05) is 25.5 Å². The summed E-state index contributed by atoms with van der Waals surface area (Å²) in [5.41, 5.74) is 12.6. The molecule has 3 aromatic carbocycles. The Hall–Kier alpha value is -4.72. The monoisotopic (exact) mass is 463 g/mol. The second-order valence-electron chi connectivity index (χ2n) is 8.51. The van der Waals surface area contributed by atoms with Crippen molar-refractivity contribution >= 4 is 51.5 Å². The minimum Gasteiger partial charge on any atom is -0.383 e. The smallest absolute Gasteiger partial charge is 0.261 e. The van der Waals surface area contributed by atoms with Crippen LogP contribution >= 0.6 is 0 Å². The number of fused-ring (bicyclic) bond motifs is 2. The number of nitrogens with two attached hydrogens (primary N) is 1. The third-order valence-electron chi connectivity index (χ3n) is 5.71. The van der Waals surface area contributed by atoms with E-state index in [4.69, 9.17) is 15.7 Å². The van der Waals surface area contributed by atoms with E-state index < -0.39 is 0 Å². The molecule has 0 atom stereocenters. The van der Waals surface area contributed by atoms with Crippen molar-refractivity contribution in [3.63, 3.8) is 0 Å². The molecule has 0 bridgehead atoms. The Morgan fingerprint density at radius 1 is 1.00 bits per heavy atom. The van der Waals surface area contributed by atoms with E-state index in [0.717, 1.165) is 16.8 Å². The molecule has 0 spiro atoms. The van der Waals surface area contributed by atoms with Crippen LogP contribution in [0.3, 0.4) is 0 Å². The molecule has 0 aliphatic heterocycles. The minimum atomic E-state index is -0.369. The van der Waals surface area contributed by atoms with Gasteiger partial charge >= 0.3 is 0 Å². The second-order valence-corrected chi connectivity index (χ2v) is 8.51. The average Bonchev–Trinajstić information content (AvgIpc) is 3.11. The highest BCUT2D eigenvalue weighted by Crippen LogP contribution is 2.29. The number of rotatable bonds is 5. The van der Waals surface area contributed by atoms with Gasteiger partial charge in [-0.25, -0.2) is 9.97 Å². The molecule has 8 heteroatoms. The van der Waals surface area contributed by atoms with Crippen molar-refractivity contribution in [2.45, 2.75) is 6.92 Å². The van der Waals surface area contributed by atoms with E-state index in [9.17, 15) is 4.79 Å². The van der Waals surface area contributed by atoms with Crippen LogP contribution in [0.25, 0.3) is 22.2 Å². The molecule has 2 aromatic heterocycles. The topological polar surface area (TPSA) is 101 Å². The van der Waals surface area contributed by atoms with Crippen LogP contribution in [-0.4, -0.2) is 40.9 Å². The van der Waals surface area contributed by atoms with Gasteiger partial charge in [0.15, 0.2) is 5.65 Å². The van der Waals surface area contributed by atoms with Crippen molar-refractivity contribution in [3.05, 3.63) is 89.5 Å². The first-order valence-electron chi connectivity index (χ1n) is 11.2. The zero-order valence-electron chi connectivity index (χ0n) is 19.7. The normalized spacial score (nSPS) is 11.4. The van der Waals surface area contributed by atoms with E-state index in [-0.39, 0.29) is 17.3 Å². The largest absolute Gasteiger partial charge is 0.383 e. The van der Waals surface area contributed by atoms with Gasteiger partial charge in [-0.15, -0.1) is 0 Å². The van der Waals surface area contributed by atoms with Crippen LogP contribution in [-0.2, 0) is 0 Å². The molecule has 35 heavy (non-hydrogen) atoms. The molecule has 0 aliphatic carbocycles. The Balaban J connectivity index is 1.62. The molecular formula is C27H25N7O. The molecule has 0 aliphatic rings. The van der Waals surface area contributed by atoms with Crippen molar-refractivity contribution in [1.82, 2.24) is 14.6 Å². The van der Waals surface area contributed by atoms with Crippen LogP contribution in [0.15, 0.2) is 77.9 Å². The Morgan fingerprint density at radius 2 is 1.71 bits per heavy atom. The van der Waals surface area contributed by atoms with Crippen molar-refractivity contribution in [3.8, 4) is 0 Å². The SMILES string of the molecule is Cc1cccc(NC(=O)c2c(N)n(/N=C/c3ccc(N(C)C)cc3)c3nc4ccccc4nc23)c1. The van der Waals surface area contributed by atoms with Crippen LogP contribution in [0.2, 0.25) is 0 Å². The molecule has 0 unspecified atom stereocenters. The van der Waals surface area contributed by atoms with Crippen LogP contribution < -0.4 is 16.0 Å². The number of aromatic nitrogens is 3. The van der Waals surface area contributed by atoms with Crippen LogP contribution in [0, 0.1) is 6.92 Å². The van der Waals surface area contributed by atoms with E-state index in [1.807, 2.05) is 98.7 Å². The van der Waals surface area contributed by atoms with E-state index in [2.05, 4.69) is 10.4 Å². The van der Waals surface area contributed by atoms with Crippen molar-refractivity contribution in [2.24, 2.45) is 5.10 Å². The van der Waals surface area contributed by atoms with E-state index in [0.29, 0.717) is 27.9 Å². The average molecular weight is 464 g/mol. The second kappa shape index (κ2) is 8.90. The van der Waals surface area contributed by atoms with Gasteiger partial charge in [0.1, 0.15) is 16.9 Å². The zero-order chi connectivity index (χ0) is 24.5. The maximum atomic E-state index is 13.4. The maximum absolute atomic E-state index is 13.4. The number of carbonyl (C=O) groups excluding carboxylic acids is 1. The van der Waals surface area contributed by atoms with Gasteiger partial charge in [-0.3, -0.25) is 4.79 Å². The van der Waals surface area contributed by atoms with Crippen molar-refractivity contribution in [2.75, 3.05) is 30.0 Å². The molecule has 8 nitrogen and oxygen atoms in total. The zero-order valence-corrected chi connectivity index (χ0v) is 19.7. The summed E-state index contributed by atoms with van der Waals surface area (Å²) in [4.78, 5) is 24.8. The van der Waals surface area contributed by atoms with Gasteiger partial charge < -0.3 is 16.0 Å². The summed E-state index contributed by atoms with van der Waals surface area (Å²) in [6.07, 6.45) is 1.69. The fourth-order valence-corrected chi connectivity index (χ4v) is 3.89. The molecule has 0 saturated carbocycles. The predicted molar refractivity (Wildman–Crippen MR) is 142 cm³/mol. The summed E-state index contributed by atoms with van der Waals surface area (Å²) >= 11 is 0. The molecule has 5 aromatic rings. The number of carbonyl (C=O) groups is 1. The highest BCUT2D eigenvalue weighted by Gasteiger charge is 2.24. The van der Waals surface area contributed by atoms with E-state index in [1.54, 1.807) is 6.21 Å². The number of nitrogens with zero attached hydrogens (tertiary/aromatic N) is 5. The molecule has 1 amide bonds. The van der Waals surface area contributed by atoms with Crippen LogP contribution in [0.4, 0.5) is 17.2 Å². The minimum absolute atomic E-state index is 0.168. The van der Waals surface area contributed by atoms with Crippen molar-refractivity contribution in [1.29, 1.82) is 0 Å². The number of amides is 1. The molecule has 0 fully saturated rings. The van der Waals surface area contributed by atoms with Gasteiger partial charge in [-0.05, 0) is 54.4 Å². The fraction of sp³-hybridized carbons (Fsp3) is 0.111. The highest BCUT2D eigenvalue weighted by atomic mass is 16.1. The van der Waals surface area contributed by atoms with Gasteiger partial charge in [0.2, 0.25) is 0 Å². The number of para-hydroxylation sites is 2.